The van der Waals surface area contributed by atoms with Crippen LogP contribution in [0.1, 0.15) is 49.7 Å². The predicted molar refractivity (Wildman–Crippen MR) is 117 cm³/mol. The van der Waals surface area contributed by atoms with Crippen molar-refractivity contribution in [3.63, 3.8) is 0 Å². The summed E-state index contributed by atoms with van der Waals surface area (Å²) in [5.41, 5.74) is 2.14. The zero-order valence-corrected chi connectivity index (χ0v) is 18.2. The fraction of sp³-hybridized carbons (Fsp3) is 0.417. The van der Waals surface area contributed by atoms with Crippen molar-refractivity contribution in [2.75, 3.05) is 26.4 Å². The molecule has 2 aliphatic heterocycles. The van der Waals surface area contributed by atoms with Gasteiger partial charge in [0.2, 0.25) is 0 Å². The summed E-state index contributed by atoms with van der Waals surface area (Å²) in [5, 5.41) is 0. The third kappa shape index (κ3) is 18.0. The zero-order valence-electron chi connectivity index (χ0n) is 16.8. The summed E-state index contributed by atoms with van der Waals surface area (Å²) < 4.78 is 10.1. The molecule has 2 aromatic carbocycles. The summed E-state index contributed by atoms with van der Waals surface area (Å²) in [4.78, 5) is 0. The quantitative estimate of drug-likeness (QED) is 0.430. The topological polar surface area (TPSA) is 18.5 Å². The van der Waals surface area contributed by atoms with Gasteiger partial charge in [-0.15, -0.1) is 24.3 Å². The predicted octanol–water partition coefficient (Wildman–Crippen LogP) is 5.73. The molecule has 2 saturated heterocycles. The van der Waals surface area contributed by atoms with Crippen LogP contribution in [0.5, 0.6) is 0 Å². The van der Waals surface area contributed by atoms with E-state index in [2.05, 4.69) is 13.8 Å². The largest absolute Gasteiger partial charge is 2.00 e. The molecule has 0 N–H and O–H groups in total. The van der Waals surface area contributed by atoms with E-state index < -0.39 is 0 Å². The number of rotatable bonds is 0. The monoisotopic (exact) mass is 378 g/mol. The smallest absolute Gasteiger partial charge is 0.381 e. The molecular formula is C24H34MgO2. The van der Waals surface area contributed by atoms with Gasteiger partial charge in [-0.25, -0.2) is 0 Å². The van der Waals surface area contributed by atoms with Gasteiger partial charge in [-0.2, -0.15) is 49.2 Å². The van der Waals surface area contributed by atoms with E-state index >= 15 is 0 Å². The molecule has 2 heterocycles. The van der Waals surface area contributed by atoms with Gasteiger partial charge in [-0.1, -0.05) is 12.1 Å². The Balaban J connectivity index is 0.000000331. The van der Waals surface area contributed by atoms with Crippen LogP contribution in [-0.2, 0) is 9.47 Å². The molecule has 0 aromatic heterocycles. The third-order valence-corrected chi connectivity index (χ3v) is 3.84. The molecule has 2 aromatic rings. The molecular weight excluding hydrogens is 345 g/mol. The first-order valence-corrected chi connectivity index (χ1v) is 9.68. The van der Waals surface area contributed by atoms with Crippen LogP contribution in [0, 0.1) is 13.8 Å². The average molecular weight is 379 g/mol. The van der Waals surface area contributed by atoms with E-state index in [1.165, 1.54) is 38.5 Å². The number of benzene rings is 2. The molecule has 3 heteroatoms. The van der Waals surface area contributed by atoms with E-state index in [-0.39, 0.29) is 23.1 Å². The number of ether oxygens (including phenoxy) is 2. The van der Waals surface area contributed by atoms with Gasteiger partial charge >= 0.3 is 23.1 Å². The summed E-state index contributed by atoms with van der Waals surface area (Å²) in [6.45, 7) is 11.4. The second-order valence-electron chi connectivity index (χ2n) is 6.32. The molecule has 0 spiro atoms. The minimum atomic E-state index is 0. The van der Waals surface area contributed by atoms with Crippen molar-refractivity contribution >= 4 is 23.1 Å². The maximum Gasteiger partial charge on any atom is 2.00 e. The summed E-state index contributed by atoms with van der Waals surface area (Å²) in [6, 6.07) is 19.7. The fourth-order valence-corrected chi connectivity index (χ4v) is 2.33. The van der Waals surface area contributed by atoms with Crippen LogP contribution in [0.15, 0.2) is 60.7 Å². The molecule has 0 unspecified atom stereocenters. The summed E-state index contributed by atoms with van der Waals surface area (Å²) in [6.07, 6.45) is 7.86. The van der Waals surface area contributed by atoms with Crippen LogP contribution >= 0.6 is 0 Å². The molecule has 0 amide bonds. The molecule has 4 rings (SSSR count). The van der Waals surface area contributed by atoms with Gasteiger partial charge in [0.25, 0.3) is 0 Å². The molecule has 144 valence electrons. The minimum absolute atomic E-state index is 0. The van der Waals surface area contributed by atoms with Crippen LogP contribution in [0.4, 0.5) is 0 Å². The van der Waals surface area contributed by atoms with Crippen molar-refractivity contribution in [1.82, 2.24) is 0 Å². The van der Waals surface area contributed by atoms with Gasteiger partial charge in [0, 0.05) is 26.4 Å². The second kappa shape index (κ2) is 19.6. The van der Waals surface area contributed by atoms with Gasteiger partial charge in [0.1, 0.15) is 0 Å². The molecule has 2 fully saturated rings. The molecule has 0 aliphatic carbocycles. The van der Waals surface area contributed by atoms with Crippen molar-refractivity contribution in [3.05, 3.63) is 85.6 Å². The minimum Gasteiger partial charge on any atom is -0.381 e. The maximum atomic E-state index is 5.07. The SMILES string of the molecule is C1CCOCC1.C1CCOCC1.[CH2-]c1ccccc1.[CH2-]c1ccccc1.[Mg+2]. The van der Waals surface area contributed by atoms with E-state index in [4.69, 9.17) is 9.47 Å². The zero-order chi connectivity index (χ0) is 18.7. The van der Waals surface area contributed by atoms with E-state index in [0.29, 0.717) is 0 Å². The van der Waals surface area contributed by atoms with Gasteiger partial charge in [-0.3, -0.25) is 0 Å². The molecule has 0 bridgehead atoms. The molecule has 2 aliphatic rings. The van der Waals surface area contributed by atoms with E-state index in [9.17, 15) is 0 Å². The van der Waals surface area contributed by atoms with Gasteiger partial charge in [-0.05, 0) is 38.5 Å². The Kier molecular flexibility index (Phi) is 18.8. The first-order valence-electron chi connectivity index (χ1n) is 9.68. The summed E-state index contributed by atoms with van der Waals surface area (Å²) in [5.74, 6) is 0. The van der Waals surface area contributed by atoms with Crippen molar-refractivity contribution in [1.29, 1.82) is 0 Å². The number of hydrogen-bond acceptors (Lipinski definition) is 2. The second-order valence-corrected chi connectivity index (χ2v) is 6.32. The van der Waals surface area contributed by atoms with Crippen molar-refractivity contribution in [3.8, 4) is 0 Å². The van der Waals surface area contributed by atoms with E-state index in [0.717, 1.165) is 37.6 Å². The van der Waals surface area contributed by atoms with Gasteiger partial charge in [0.05, 0.1) is 0 Å². The van der Waals surface area contributed by atoms with Crippen LogP contribution in [0.2, 0.25) is 0 Å². The standard InChI is InChI=1S/2C7H7.2C5H10O.Mg/c2*1-7-5-3-2-4-6-7;2*1-2-4-6-5-3-1;/h2*2-6H,1H2;2*1-5H2;/q2*-1;;;+2. The summed E-state index contributed by atoms with van der Waals surface area (Å²) in [7, 11) is 0. The van der Waals surface area contributed by atoms with Crippen LogP contribution in [0.25, 0.3) is 0 Å². The van der Waals surface area contributed by atoms with Crippen LogP contribution in [-0.4, -0.2) is 49.5 Å². The Labute approximate surface area is 182 Å². The number of hydrogen-bond donors (Lipinski definition) is 0. The first kappa shape index (κ1) is 25.9. The Morgan fingerprint density at radius 3 is 0.889 bits per heavy atom. The Hall–Kier alpha value is -1.13. The van der Waals surface area contributed by atoms with Crippen LogP contribution < -0.4 is 0 Å². The van der Waals surface area contributed by atoms with Crippen molar-refractivity contribution < 1.29 is 9.47 Å². The summed E-state index contributed by atoms with van der Waals surface area (Å²) >= 11 is 0. The molecule has 0 radical (unpaired) electrons. The van der Waals surface area contributed by atoms with Gasteiger partial charge < -0.3 is 9.47 Å². The third-order valence-electron chi connectivity index (χ3n) is 3.84. The molecule has 0 atom stereocenters. The Morgan fingerprint density at radius 2 is 0.778 bits per heavy atom. The molecule has 0 saturated carbocycles. The van der Waals surface area contributed by atoms with Crippen molar-refractivity contribution in [2.45, 2.75) is 38.5 Å². The molecule has 27 heavy (non-hydrogen) atoms. The first-order chi connectivity index (χ1) is 12.8. The maximum absolute atomic E-state index is 5.07. The molecule has 2 nitrogen and oxygen atoms in total. The van der Waals surface area contributed by atoms with E-state index in [1.807, 2.05) is 60.7 Å². The fourth-order valence-electron chi connectivity index (χ4n) is 2.33. The van der Waals surface area contributed by atoms with Gasteiger partial charge in [0.15, 0.2) is 0 Å². The average Bonchev–Trinajstić information content (AvgIpc) is 2.73. The normalized spacial score (nSPS) is 15.1. The van der Waals surface area contributed by atoms with Crippen LogP contribution in [0.3, 0.4) is 0 Å². The Bertz CT molecular complexity index is 436. The van der Waals surface area contributed by atoms with E-state index in [1.54, 1.807) is 0 Å². The van der Waals surface area contributed by atoms with Crippen molar-refractivity contribution in [2.24, 2.45) is 0 Å². The Morgan fingerprint density at radius 1 is 0.481 bits per heavy atom.